The molecule has 0 aromatic carbocycles. The van der Waals surface area contributed by atoms with Crippen LogP contribution in [0.25, 0.3) is 0 Å². The number of rotatable bonds is 6. The first kappa shape index (κ1) is 21.0. The fourth-order valence-electron chi connectivity index (χ4n) is 1.12. The summed E-state index contributed by atoms with van der Waals surface area (Å²) in [6.07, 6.45) is 2.83. The lowest BCUT2D eigenvalue weighted by molar-refractivity contribution is -0.108. The van der Waals surface area contributed by atoms with E-state index in [4.69, 9.17) is 0 Å². The van der Waals surface area contributed by atoms with Crippen LogP contribution in [-0.2, 0) is 4.79 Å². The molecule has 1 atom stereocenters. The van der Waals surface area contributed by atoms with Crippen LogP contribution in [0.4, 0.5) is 0 Å². The molecular weight excluding hydrogens is 198 g/mol. The van der Waals surface area contributed by atoms with Gasteiger partial charge in [-0.25, -0.2) is 0 Å². The second-order valence-corrected chi connectivity index (χ2v) is 3.71. The Hall–Kier alpha value is -0.370. The van der Waals surface area contributed by atoms with Crippen molar-refractivity contribution in [1.29, 1.82) is 0 Å². The Balaban J connectivity index is -0.000000376. The van der Waals surface area contributed by atoms with Crippen molar-refractivity contribution in [2.24, 2.45) is 5.92 Å². The molecule has 1 unspecified atom stereocenters. The summed E-state index contributed by atoms with van der Waals surface area (Å²) in [5.74, 6) is 0.537. The van der Waals surface area contributed by atoms with Crippen molar-refractivity contribution in [1.82, 2.24) is 4.90 Å². The van der Waals surface area contributed by atoms with Crippen molar-refractivity contribution in [3.05, 3.63) is 0 Å². The molecule has 0 saturated carbocycles. The van der Waals surface area contributed by atoms with Crippen molar-refractivity contribution in [3.63, 3.8) is 0 Å². The number of nitrogens with zero attached hydrogens (tertiary/aromatic N) is 1. The Morgan fingerprint density at radius 3 is 1.81 bits per heavy atom. The zero-order valence-electron chi connectivity index (χ0n) is 12.7. The van der Waals surface area contributed by atoms with Crippen molar-refractivity contribution < 1.29 is 4.79 Å². The minimum absolute atomic E-state index is 0.537. The largest absolute Gasteiger partial charge is 0.304 e. The lowest BCUT2D eigenvalue weighted by Crippen LogP contribution is -2.31. The molecular formula is C14H33NO. The summed E-state index contributed by atoms with van der Waals surface area (Å²) in [6.45, 7) is 15.5. The van der Waals surface area contributed by atoms with Crippen molar-refractivity contribution in [2.45, 2.75) is 67.3 Å². The van der Waals surface area contributed by atoms with Gasteiger partial charge in [-0.1, -0.05) is 41.0 Å². The average molecular weight is 231 g/mol. The highest BCUT2D eigenvalue weighted by molar-refractivity contribution is 5.49. The first-order valence-electron chi connectivity index (χ1n) is 6.75. The van der Waals surface area contributed by atoms with Gasteiger partial charge in [-0.2, -0.15) is 0 Å². The highest BCUT2D eigenvalue weighted by Crippen LogP contribution is 2.09. The van der Waals surface area contributed by atoms with E-state index in [0.717, 1.165) is 19.3 Å². The lowest BCUT2D eigenvalue weighted by Gasteiger charge is -2.25. The van der Waals surface area contributed by atoms with Gasteiger partial charge in [0.05, 0.1) is 0 Å². The van der Waals surface area contributed by atoms with E-state index in [2.05, 4.69) is 32.7 Å². The van der Waals surface area contributed by atoms with Crippen molar-refractivity contribution in [2.75, 3.05) is 13.6 Å². The molecule has 0 heterocycles. The van der Waals surface area contributed by atoms with Gasteiger partial charge in [-0.05, 0) is 26.8 Å². The fraction of sp³-hybridized carbons (Fsp3) is 0.929. The van der Waals surface area contributed by atoms with Crippen LogP contribution in [-0.4, -0.2) is 30.8 Å². The average Bonchev–Trinajstić information content (AvgIpc) is 2.33. The molecule has 0 aliphatic heterocycles. The van der Waals surface area contributed by atoms with Gasteiger partial charge in [-0.15, -0.1) is 0 Å². The molecule has 0 radical (unpaired) electrons. The molecule has 0 aliphatic rings. The monoisotopic (exact) mass is 231 g/mol. The molecule has 0 spiro atoms. The second kappa shape index (κ2) is 17.0. The minimum Gasteiger partial charge on any atom is -0.304 e. The fourth-order valence-corrected chi connectivity index (χ4v) is 1.12. The third-order valence-electron chi connectivity index (χ3n) is 2.43. The summed E-state index contributed by atoms with van der Waals surface area (Å²) in [7, 11) is 2.11. The normalized spacial score (nSPS) is 11.1. The molecule has 0 rings (SSSR count). The number of hydrogen-bond acceptors (Lipinski definition) is 2. The maximum Gasteiger partial charge on any atom is 0.120 e. The van der Waals surface area contributed by atoms with E-state index in [-0.39, 0.29) is 0 Å². The van der Waals surface area contributed by atoms with E-state index >= 15 is 0 Å². The van der Waals surface area contributed by atoms with Crippen LogP contribution >= 0.6 is 0 Å². The maximum atomic E-state index is 10.3. The van der Waals surface area contributed by atoms with Crippen LogP contribution in [0.5, 0.6) is 0 Å². The number of hydrogen-bond donors (Lipinski definition) is 0. The van der Waals surface area contributed by atoms with E-state index in [1.807, 2.05) is 27.7 Å². The Bertz CT molecular complexity index is 124. The van der Waals surface area contributed by atoms with Gasteiger partial charge >= 0.3 is 0 Å². The highest BCUT2D eigenvalue weighted by Gasteiger charge is 2.10. The van der Waals surface area contributed by atoms with Gasteiger partial charge in [0.15, 0.2) is 0 Å². The van der Waals surface area contributed by atoms with E-state index in [1.54, 1.807) is 0 Å². The molecule has 0 N–H and O–H groups in total. The van der Waals surface area contributed by atoms with Gasteiger partial charge in [0, 0.05) is 19.0 Å². The molecule has 0 aromatic rings. The number of carbonyl (C=O) groups excluding carboxylic acids is 1. The molecule has 0 aromatic heterocycles. The van der Waals surface area contributed by atoms with Gasteiger partial charge in [0.2, 0.25) is 0 Å². The Morgan fingerprint density at radius 2 is 1.56 bits per heavy atom. The summed E-state index contributed by atoms with van der Waals surface area (Å²) in [4.78, 5) is 12.6. The van der Waals surface area contributed by atoms with Crippen LogP contribution < -0.4 is 0 Å². The van der Waals surface area contributed by atoms with E-state index in [1.165, 1.54) is 0 Å². The minimum atomic E-state index is 0.537. The summed E-state index contributed by atoms with van der Waals surface area (Å²) in [5, 5.41) is 0. The van der Waals surface area contributed by atoms with E-state index in [0.29, 0.717) is 18.4 Å². The van der Waals surface area contributed by atoms with Gasteiger partial charge in [-0.3, -0.25) is 0 Å². The molecule has 0 amide bonds. The van der Waals surface area contributed by atoms with Crippen LogP contribution in [0.2, 0.25) is 0 Å². The van der Waals surface area contributed by atoms with Crippen LogP contribution in [0, 0.1) is 5.92 Å². The Labute approximate surface area is 103 Å². The summed E-state index contributed by atoms with van der Waals surface area (Å²) in [6, 6.07) is 0.575. The van der Waals surface area contributed by atoms with Gasteiger partial charge < -0.3 is 9.69 Å². The second-order valence-electron chi connectivity index (χ2n) is 3.71. The van der Waals surface area contributed by atoms with Crippen LogP contribution in [0.1, 0.15) is 61.3 Å². The third kappa shape index (κ3) is 13.6. The van der Waals surface area contributed by atoms with Gasteiger partial charge in [0.25, 0.3) is 0 Å². The molecule has 16 heavy (non-hydrogen) atoms. The predicted octanol–water partition coefficient (Wildman–Crippen LogP) is 3.99. The lowest BCUT2D eigenvalue weighted by atomic mass is 10.0. The quantitative estimate of drug-likeness (QED) is 0.644. The smallest absolute Gasteiger partial charge is 0.120 e. The SMILES string of the molecule is CC.CC.CCC(CC=O)CN(C)C(C)C. The summed E-state index contributed by atoms with van der Waals surface area (Å²) < 4.78 is 0. The molecule has 2 nitrogen and oxygen atoms in total. The number of aldehydes is 1. The predicted molar refractivity (Wildman–Crippen MR) is 74.9 cm³/mol. The highest BCUT2D eigenvalue weighted by atomic mass is 16.1. The Morgan fingerprint density at radius 1 is 1.12 bits per heavy atom. The van der Waals surface area contributed by atoms with E-state index in [9.17, 15) is 4.79 Å². The summed E-state index contributed by atoms with van der Waals surface area (Å²) >= 11 is 0. The zero-order chi connectivity index (χ0) is 13.6. The first-order chi connectivity index (χ1) is 7.61. The standard InChI is InChI=1S/C10H21NO.2C2H6/c1-5-10(6-7-12)8-11(4)9(2)3;2*1-2/h7,9-10H,5-6,8H2,1-4H3;2*1-2H3. The Kier molecular flexibility index (Phi) is 22.3. The maximum absolute atomic E-state index is 10.3. The molecule has 100 valence electrons. The van der Waals surface area contributed by atoms with Gasteiger partial charge in [0.1, 0.15) is 6.29 Å². The molecule has 0 fully saturated rings. The number of carbonyl (C=O) groups is 1. The third-order valence-corrected chi connectivity index (χ3v) is 2.43. The van der Waals surface area contributed by atoms with Crippen molar-refractivity contribution >= 4 is 6.29 Å². The van der Waals surface area contributed by atoms with Crippen molar-refractivity contribution in [3.8, 4) is 0 Å². The molecule has 0 saturated heterocycles. The topological polar surface area (TPSA) is 20.3 Å². The molecule has 0 bridgehead atoms. The molecule has 0 aliphatic carbocycles. The van der Waals surface area contributed by atoms with Crippen LogP contribution in [0.15, 0.2) is 0 Å². The molecule has 2 heteroatoms. The van der Waals surface area contributed by atoms with Crippen LogP contribution in [0.3, 0.4) is 0 Å². The van der Waals surface area contributed by atoms with E-state index < -0.39 is 0 Å². The summed E-state index contributed by atoms with van der Waals surface area (Å²) in [5.41, 5.74) is 0. The zero-order valence-corrected chi connectivity index (χ0v) is 12.7. The first-order valence-corrected chi connectivity index (χ1v) is 6.75.